The number of rotatable bonds is 4. The summed E-state index contributed by atoms with van der Waals surface area (Å²) in [4.78, 5) is 20.4. The lowest BCUT2D eigenvalue weighted by molar-refractivity contribution is 0.102. The third kappa shape index (κ3) is 3.07. The van der Waals surface area contributed by atoms with Crippen LogP contribution in [-0.4, -0.2) is 28.1 Å². The summed E-state index contributed by atoms with van der Waals surface area (Å²) >= 11 is 5.72. The first-order valence-corrected chi connectivity index (χ1v) is 7.37. The second-order valence-electron chi connectivity index (χ2n) is 4.84. The van der Waals surface area contributed by atoms with E-state index >= 15 is 0 Å². The minimum Gasteiger partial charge on any atom is -0.479 e. The number of hydrogen-bond acceptors (Lipinski definition) is 6. The van der Waals surface area contributed by atoms with Crippen molar-refractivity contribution in [2.75, 3.05) is 12.4 Å². The predicted octanol–water partition coefficient (Wildman–Crippen LogP) is 3.35. The fraction of sp³-hybridized carbons (Fsp3) is 0.125. The number of benzene rings is 1. The van der Waals surface area contributed by atoms with E-state index in [-0.39, 0.29) is 11.2 Å². The fourth-order valence-electron chi connectivity index (χ4n) is 2.20. The van der Waals surface area contributed by atoms with Crippen LogP contribution in [-0.2, 0) is 0 Å². The molecule has 3 rings (SSSR count). The van der Waals surface area contributed by atoms with Crippen LogP contribution >= 0.6 is 11.6 Å². The topological polar surface area (TPSA) is 90.1 Å². The Morgan fingerprint density at radius 2 is 2.04 bits per heavy atom. The highest BCUT2D eigenvalue weighted by Gasteiger charge is 2.23. The zero-order chi connectivity index (χ0) is 17.1. The van der Waals surface area contributed by atoms with Gasteiger partial charge in [-0.3, -0.25) is 4.79 Å². The number of nitrogens with one attached hydrogen (secondary N) is 1. The van der Waals surface area contributed by atoms with Crippen LogP contribution in [0.25, 0.3) is 11.3 Å². The number of carbonyl (C=O) groups excluding carboxylic acids is 1. The third-order valence-corrected chi connectivity index (χ3v) is 3.49. The molecule has 2 aromatic heterocycles. The molecule has 0 atom stereocenters. The summed E-state index contributed by atoms with van der Waals surface area (Å²) in [5.74, 6) is 0.163. The third-order valence-electron chi connectivity index (χ3n) is 3.30. The van der Waals surface area contributed by atoms with Crippen molar-refractivity contribution >= 4 is 23.2 Å². The standard InChI is InChI=1S/C16H13ClN4O3/c1-9-12(13(21-24-9)10-6-4-3-5-7-10)14(22)19-11-8-18-16(17)20-15(11)23-2/h3-8H,1-2H3,(H,19,22). The Balaban J connectivity index is 1.96. The number of carbonyl (C=O) groups is 1. The van der Waals surface area contributed by atoms with Gasteiger partial charge in [-0.15, -0.1) is 0 Å². The summed E-state index contributed by atoms with van der Waals surface area (Å²) in [6.07, 6.45) is 1.37. The Hall–Kier alpha value is -2.93. The van der Waals surface area contributed by atoms with Gasteiger partial charge in [-0.1, -0.05) is 35.5 Å². The van der Waals surface area contributed by atoms with Crippen molar-refractivity contribution < 1.29 is 14.1 Å². The molecular weight excluding hydrogens is 332 g/mol. The molecule has 1 N–H and O–H groups in total. The van der Waals surface area contributed by atoms with Crippen LogP contribution < -0.4 is 10.1 Å². The molecule has 0 radical (unpaired) electrons. The van der Waals surface area contributed by atoms with Crippen molar-refractivity contribution in [3.63, 3.8) is 0 Å². The van der Waals surface area contributed by atoms with E-state index in [1.807, 2.05) is 30.3 Å². The van der Waals surface area contributed by atoms with Crippen molar-refractivity contribution in [3.05, 3.63) is 53.1 Å². The van der Waals surface area contributed by atoms with Crippen molar-refractivity contribution in [2.24, 2.45) is 0 Å². The molecule has 2 heterocycles. The number of anilines is 1. The first-order chi connectivity index (χ1) is 11.6. The summed E-state index contributed by atoms with van der Waals surface area (Å²) in [6.45, 7) is 1.67. The molecule has 3 aromatic rings. The number of methoxy groups -OCH3 is 1. The number of nitrogens with zero attached hydrogens (tertiary/aromatic N) is 3. The van der Waals surface area contributed by atoms with E-state index in [4.69, 9.17) is 20.9 Å². The summed E-state index contributed by atoms with van der Waals surface area (Å²) in [5.41, 5.74) is 1.86. The predicted molar refractivity (Wildman–Crippen MR) is 88.2 cm³/mol. The molecule has 122 valence electrons. The summed E-state index contributed by atoms with van der Waals surface area (Å²) in [5, 5.41) is 6.70. The number of aromatic nitrogens is 3. The maximum Gasteiger partial charge on any atom is 0.261 e. The van der Waals surface area contributed by atoms with E-state index in [0.29, 0.717) is 22.7 Å². The first-order valence-electron chi connectivity index (χ1n) is 6.99. The Kier molecular flexibility index (Phi) is 4.43. The van der Waals surface area contributed by atoms with Gasteiger partial charge in [0, 0.05) is 5.56 Å². The smallest absolute Gasteiger partial charge is 0.261 e. The molecule has 0 aliphatic rings. The van der Waals surface area contributed by atoms with Crippen LogP contribution in [0, 0.1) is 6.92 Å². The zero-order valence-corrected chi connectivity index (χ0v) is 13.7. The van der Waals surface area contributed by atoms with Crippen molar-refractivity contribution in [3.8, 4) is 17.1 Å². The fourth-order valence-corrected chi connectivity index (χ4v) is 2.33. The van der Waals surface area contributed by atoms with Crippen molar-refractivity contribution in [1.29, 1.82) is 0 Å². The SMILES string of the molecule is COc1nc(Cl)ncc1NC(=O)c1c(-c2ccccc2)noc1C. The molecule has 0 spiro atoms. The minimum absolute atomic E-state index is 0.0241. The van der Waals surface area contributed by atoms with E-state index in [0.717, 1.165) is 5.56 Å². The van der Waals surface area contributed by atoms with E-state index in [9.17, 15) is 4.79 Å². The molecule has 1 amide bonds. The average Bonchev–Trinajstić information content (AvgIpc) is 2.99. The highest BCUT2D eigenvalue weighted by Crippen LogP contribution is 2.28. The van der Waals surface area contributed by atoms with Crippen molar-refractivity contribution in [2.45, 2.75) is 6.92 Å². The molecule has 0 saturated carbocycles. The normalized spacial score (nSPS) is 10.5. The molecule has 0 unspecified atom stereocenters. The molecule has 7 nitrogen and oxygen atoms in total. The quantitative estimate of drug-likeness (QED) is 0.730. The van der Waals surface area contributed by atoms with Gasteiger partial charge in [0.05, 0.1) is 13.3 Å². The summed E-state index contributed by atoms with van der Waals surface area (Å²) in [7, 11) is 1.42. The van der Waals surface area contributed by atoms with Crippen LogP contribution in [0.2, 0.25) is 5.28 Å². The summed E-state index contributed by atoms with van der Waals surface area (Å²) < 4.78 is 10.3. The number of hydrogen-bond donors (Lipinski definition) is 1. The molecular formula is C16H13ClN4O3. The monoisotopic (exact) mass is 344 g/mol. The van der Waals surface area contributed by atoms with Crippen LogP contribution in [0.5, 0.6) is 5.88 Å². The number of aryl methyl sites for hydroxylation is 1. The lowest BCUT2D eigenvalue weighted by atomic mass is 10.1. The van der Waals surface area contributed by atoms with E-state index in [1.54, 1.807) is 6.92 Å². The maximum absolute atomic E-state index is 12.7. The van der Waals surface area contributed by atoms with Gasteiger partial charge in [0.1, 0.15) is 22.7 Å². The van der Waals surface area contributed by atoms with Gasteiger partial charge in [-0.2, -0.15) is 4.98 Å². The molecule has 0 aliphatic carbocycles. The van der Waals surface area contributed by atoms with E-state index < -0.39 is 5.91 Å². The zero-order valence-electron chi connectivity index (χ0n) is 12.9. The van der Waals surface area contributed by atoms with Crippen LogP contribution in [0.15, 0.2) is 41.1 Å². The average molecular weight is 345 g/mol. The van der Waals surface area contributed by atoms with Gasteiger partial charge in [0.25, 0.3) is 5.91 Å². The Morgan fingerprint density at radius 3 is 2.75 bits per heavy atom. The minimum atomic E-state index is -0.406. The van der Waals surface area contributed by atoms with Gasteiger partial charge >= 0.3 is 0 Å². The van der Waals surface area contributed by atoms with Gasteiger partial charge in [-0.25, -0.2) is 4.98 Å². The Labute approximate surface area is 142 Å². The van der Waals surface area contributed by atoms with Crippen LogP contribution in [0.3, 0.4) is 0 Å². The highest BCUT2D eigenvalue weighted by molar-refractivity contribution is 6.28. The Morgan fingerprint density at radius 1 is 1.29 bits per heavy atom. The van der Waals surface area contributed by atoms with Gasteiger partial charge in [0.2, 0.25) is 11.2 Å². The van der Waals surface area contributed by atoms with E-state index in [2.05, 4.69) is 20.4 Å². The van der Waals surface area contributed by atoms with Crippen LogP contribution in [0.1, 0.15) is 16.1 Å². The highest BCUT2D eigenvalue weighted by atomic mass is 35.5. The first kappa shape index (κ1) is 15.9. The largest absolute Gasteiger partial charge is 0.479 e. The molecule has 0 bridgehead atoms. The molecule has 0 aliphatic heterocycles. The maximum atomic E-state index is 12.7. The second kappa shape index (κ2) is 6.67. The summed E-state index contributed by atoms with van der Waals surface area (Å²) in [6, 6.07) is 9.29. The second-order valence-corrected chi connectivity index (χ2v) is 5.18. The lowest BCUT2D eigenvalue weighted by Gasteiger charge is -2.09. The van der Waals surface area contributed by atoms with Gasteiger partial charge < -0.3 is 14.6 Å². The van der Waals surface area contributed by atoms with Crippen molar-refractivity contribution in [1.82, 2.24) is 15.1 Å². The van der Waals surface area contributed by atoms with Gasteiger partial charge in [-0.05, 0) is 18.5 Å². The molecule has 0 fully saturated rings. The van der Waals surface area contributed by atoms with Gasteiger partial charge in [0.15, 0.2) is 0 Å². The number of halogens is 1. The Bertz CT molecular complexity index is 880. The van der Waals surface area contributed by atoms with E-state index in [1.165, 1.54) is 13.3 Å². The van der Waals surface area contributed by atoms with Crippen LogP contribution in [0.4, 0.5) is 5.69 Å². The number of amides is 1. The molecule has 1 aromatic carbocycles. The molecule has 0 saturated heterocycles. The molecule has 24 heavy (non-hydrogen) atoms. The lowest BCUT2D eigenvalue weighted by Crippen LogP contribution is -2.15. The molecule has 8 heteroatoms. The number of ether oxygens (including phenoxy) is 1.